The average Bonchev–Trinajstić information content (AvgIpc) is 2.41. The Morgan fingerprint density at radius 3 is 2.45 bits per heavy atom. The highest BCUT2D eigenvalue weighted by Crippen LogP contribution is 2.34. The predicted molar refractivity (Wildman–Crippen MR) is 81.1 cm³/mol. The lowest BCUT2D eigenvalue weighted by Crippen LogP contribution is -2.40. The second-order valence-electron chi connectivity index (χ2n) is 6.96. The molecule has 0 N–H and O–H groups in total. The molecular weight excluding hydrogens is 250 g/mol. The molecule has 1 saturated heterocycles. The van der Waals surface area contributed by atoms with Crippen LogP contribution in [0.25, 0.3) is 0 Å². The van der Waals surface area contributed by atoms with Crippen LogP contribution in [-0.4, -0.2) is 48.9 Å². The van der Waals surface area contributed by atoms with Crippen molar-refractivity contribution >= 4 is 5.91 Å². The van der Waals surface area contributed by atoms with E-state index in [0.717, 1.165) is 25.6 Å². The van der Waals surface area contributed by atoms with Crippen molar-refractivity contribution in [3.05, 3.63) is 0 Å². The summed E-state index contributed by atoms with van der Waals surface area (Å²) in [4.78, 5) is 16.0. The zero-order chi connectivity index (χ0) is 15.2. The first-order valence-electron chi connectivity index (χ1n) is 7.68. The lowest BCUT2D eigenvalue weighted by molar-refractivity contribution is -0.130. The first-order chi connectivity index (χ1) is 9.34. The Hall–Kier alpha value is -1.08. The second kappa shape index (κ2) is 7.64. The Bertz CT molecular complexity index is 346. The number of likely N-dealkylation sites (tertiary alicyclic amines) is 1. The third-order valence-corrected chi connectivity index (χ3v) is 4.44. The molecule has 0 unspecified atom stereocenters. The van der Waals surface area contributed by atoms with Gasteiger partial charge >= 0.3 is 0 Å². The fourth-order valence-electron chi connectivity index (χ4n) is 2.81. The number of carbonyl (C=O) groups is 1. The fraction of sp³-hybridized carbons (Fsp3) is 0.875. The van der Waals surface area contributed by atoms with Gasteiger partial charge in [-0.2, -0.15) is 5.26 Å². The molecule has 0 aliphatic carbocycles. The van der Waals surface area contributed by atoms with Crippen LogP contribution < -0.4 is 0 Å². The lowest BCUT2D eigenvalue weighted by atomic mass is 9.75. The molecule has 1 amide bonds. The third-order valence-electron chi connectivity index (χ3n) is 4.44. The van der Waals surface area contributed by atoms with Crippen LogP contribution in [0.3, 0.4) is 0 Å². The van der Waals surface area contributed by atoms with E-state index in [9.17, 15) is 4.79 Å². The molecule has 0 bridgehead atoms. The van der Waals surface area contributed by atoms with Gasteiger partial charge in [-0.1, -0.05) is 20.8 Å². The molecule has 0 aromatic carbocycles. The number of nitriles is 1. The number of piperidine rings is 1. The molecule has 1 fully saturated rings. The maximum absolute atomic E-state index is 11.9. The van der Waals surface area contributed by atoms with Crippen LogP contribution >= 0.6 is 0 Å². The van der Waals surface area contributed by atoms with Crippen molar-refractivity contribution < 1.29 is 4.79 Å². The zero-order valence-corrected chi connectivity index (χ0v) is 13.5. The highest BCUT2D eigenvalue weighted by molar-refractivity contribution is 5.76. The Morgan fingerprint density at radius 2 is 1.95 bits per heavy atom. The van der Waals surface area contributed by atoms with Gasteiger partial charge in [0.2, 0.25) is 5.91 Å². The summed E-state index contributed by atoms with van der Waals surface area (Å²) in [6, 6.07) is 2.07. The number of hydrogen-bond acceptors (Lipinski definition) is 3. The molecule has 4 heteroatoms. The molecule has 114 valence electrons. The first kappa shape index (κ1) is 17.0. The second-order valence-corrected chi connectivity index (χ2v) is 6.96. The van der Waals surface area contributed by atoms with Crippen molar-refractivity contribution in [2.75, 3.05) is 33.2 Å². The SMILES string of the molecule is CN(CCC#N)C(=O)CCN1CCC(C(C)(C)C)CC1. The topological polar surface area (TPSA) is 47.3 Å². The summed E-state index contributed by atoms with van der Waals surface area (Å²) >= 11 is 0. The van der Waals surface area contributed by atoms with E-state index in [2.05, 4.69) is 31.7 Å². The van der Waals surface area contributed by atoms with Crippen molar-refractivity contribution in [3.63, 3.8) is 0 Å². The Labute approximate surface area is 123 Å². The van der Waals surface area contributed by atoms with Crippen LogP contribution in [-0.2, 0) is 4.79 Å². The van der Waals surface area contributed by atoms with Crippen LogP contribution in [0.2, 0.25) is 0 Å². The van der Waals surface area contributed by atoms with Gasteiger partial charge < -0.3 is 9.80 Å². The van der Waals surface area contributed by atoms with E-state index in [-0.39, 0.29) is 5.91 Å². The summed E-state index contributed by atoms with van der Waals surface area (Å²) in [7, 11) is 1.78. The third kappa shape index (κ3) is 5.50. The molecule has 4 nitrogen and oxygen atoms in total. The van der Waals surface area contributed by atoms with E-state index in [0.29, 0.717) is 24.8 Å². The van der Waals surface area contributed by atoms with E-state index in [1.54, 1.807) is 11.9 Å². The summed E-state index contributed by atoms with van der Waals surface area (Å²) in [6.07, 6.45) is 3.46. The van der Waals surface area contributed by atoms with Crippen molar-refractivity contribution in [3.8, 4) is 6.07 Å². The maximum Gasteiger partial charge on any atom is 0.223 e. The lowest BCUT2D eigenvalue weighted by Gasteiger charge is -2.38. The predicted octanol–water partition coefficient (Wildman–Crippen LogP) is 2.51. The fourth-order valence-corrected chi connectivity index (χ4v) is 2.81. The monoisotopic (exact) mass is 279 g/mol. The molecule has 1 aliphatic rings. The average molecular weight is 279 g/mol. The number of rotatable bonds is 5. The largest absolute Gasteiger partial charge is 0.345 e. The molecule has 0 aromatic heterocycles. The molecule has 1 aliphatic heterocycles. The quantitative estimate of drug-likeness (QED) is 0.777. The van der Waals surface area contributed by atoms with Gasteiger partial charge in [0.1, 0.15) is 0 Å². The number of carbonyl (C=O) groups excluding carboxylic acids is 1. The van der Waals surface area contributed by atoms with Gasteiger partial charge in [0.05, 0.1) is 12.5 Å². The van der Waals surface area contributed by atoms with E-state index in [1.165, 1.54) is 12.8 Å². The van der Waals surface area contributed by atoms with Crippen LogP contribution in [0.1, 0.15) is 46.5 Å². The van der Waals surface area contributed by atoms with E-state index < -0.39 is 0 Å². The molecule has 0 atom stereocenters. The van der Waals surface area contributed by atoms with Gasteiger partial charge in [-0.05, 0) is 37.3 Å². The smallest absolute Gasteiger partial charge is 0.223 e. The number of hydrogen-bond donors (Lipinski definition) is 0. The number of nitrogens with zero attached hydrogens (tertiary/aromatic N) is 3. The molecule has 0 saturated carbocycles. The molecule has 20 heavy (non-hydrogen) atoms. The van der Waals surface area contributed by atoms with Crippen LogP contribution in [0.4, 0.5) is 0 Å². The van der Waals surface area contributed by atoms with Crippen molar-refractivity contribution in [1.82, 2.24) is 9.80 Å². The Morgan fingerprint density at radius 1 is 1.35 bits per heavy atom. The Balaban J connectivity index is 2.24. The van der Waals surface area contributed by atoms with Gasteiger partial charge in [-0.15, -0.1) is 0 Å². The molecule has 1 heterocycles. The van der Waals surface area contributed by atoms with Crippen molar-refractivity contribution in [1.29, 1.82) is 5.26 Å². The van der Waals surface area contributed by atoms with Gasteiger partial charge in [-0.3, -0.25) is 4.79 Å². The highest BCUT2D eigenvalue weighted by Gasteiger charge is 2.28. The summed E-state index contributed by atoms with van der Waals surface area (Å²) in [6.45, 7) is 10.6. The standard InChI is InChI=1S/C16H29N3O/c1-16(2,3)14-6-11-19(12-7-14)13-8-15(20)18(4)10-5-9-17/h14H,5-8,10-13H2,1-4H3. The molecule has 0 radical (unpaired) electrons. The maximum atomic E-state index is 11.9. The first-order valence-corrected chi connectivity index (χ1v) is 7.68. The number of amides is 1. The summed E-state index contributed by atoms with van der Waals surface area (Å²) in [5, 5.41) is 8.52. The van der Waals surface area contributed by atoms with Gasteiger partial charge in [0, 0.05) is 26.6 Å². The highest BCUT2D eigenvalue weighted by atomic mass is 16.2. The van der Waals surface area contributed by atoms with Crippen LogP contribution in [0.15, 0.2) is 0 Å². The molecule has 0 spiro atoms. The van der Waals surface area contributed by atoms with E-state index in [4.69, 9.17) is 5.26 Å². The minimum absolute atomic E-state index is 0.151. The summed E-state index contributed by atoms with van der Waals surface area (Å²) in [5.41, 5.74) is 0.402. The normalized spacial score (nSPS) is 17.8. The van der Waals surface area contributed by atoms with Crippen molar-refractivity contribution in [2.45, 2.75) is 46.5 Å². The van der Waals surface area contributed by atoms with Crippen LogP contribution in [0.5, 0.6) is 0 Å². The summed E-state index contributed by atoms with van der Waals surface area (Å²) in [5.74, 6) is 0.950. The minimum Gasteiger partial charge on any atom is -0.345 e. The Kier molecular flexibility index (Phi) is 6.48. The van der Waals surface area contributed by atoms with E-state index in [1.807, 2.05) is 0 Å². The van der Waals surface area contributed by atoms with E-state index >= 15 is 0 Å². The zero-order valence-electron chi connectivity index (χ0n) is 13.5. The minimum atomic E-state index is 0.151. The van der Waals surface area contributed by atoms with Crippen molar-refractivity contribution in [2.24, 2.45) is 11.3 Å². The van der Waals surface area contributed by atoms with Gasteiger partial charge in [-0.25, -0.2) is 0 Å². The van der Waals surface area contributed by atoms with Gasteiger partial charge in [0.25, 0.3) is 0 Å². The molecular formula is C16H29N3O. The molecule has 1 rings (SSSR count). The molecule has 0 aromatic rings. The van der Waals surface area contributed by atoms with Crippen LogP contribution in [0, 0.1) is 22.7 Å². The van der Waals surface area contributed by atoms with Gasteiger partial charge in [0.15, 0.2) is 0 Å². The summed E-state index contributed by atoms with van der Waals surface area (Å²) < 4.78 is 0.